The second kappa shape index (κ2) is 7.61. The Bertz CT molecular complexity index is 694. The van der Waals surface area contributed by atoms with Gasteiger partial charge >= 0.3 is 6.09 Å². The summed E-state index contributed by atoms with van der Waals surface area (Å²) >= 11 is 8.61. The van der Waals surface area contributed by atoms with Gasteiger partial charge in [-0.1, -0.05) is 11.6 Å². The molecule has 0 unspecified atom stereocenters. The van der Waals surface area contributed by atoms with Crippen molar-refractivity contribution >= 4 is 51.1 Å². The van der Waals surface area contributed by atoms with E-state index in [9.17, 15) is 4.79 Å². The highest BCUT2D eigenvalue weighted by Gasteiger charge is 2.15. The van der Waals surface area contributed by atoms with Gasteiger partial charge in [-0.15, -0.1) is 0 Å². The van der Waals surface area contributed by atoms with E-state index in [2.05, 4.69) is 32.9 Å². The van der Waals surface area contributed by atoms with E-state index in [1.165, 1.54) is 0 Å². The highest BCUT2D eigenvalue weighted by Crippen LogP contribution is 2.36. The van der Waals surface area contributed by atoms with Gasteiger partial charge in [0.25, 0.3) is 0 Å². The van der Waals surface area contributed by atoms with Crippen molar-refractivity contribution in [3.8, 4) is 5.75 Å². The molecule has 0 atom stereocenters. The number of halogens is 2. The Morgan fingerprint density at radius 1 is 1.35 bits per heavy atom. The van der Waals surface area contributed by atoms with Crippen LogP contribution >= 0.6 is 34.2 Å². The normalized spacial score (nSPS) is 11.5. The second-order valence-electron chi connectivity index (χ2n) is 6.08. The number of ether oxygens (including phenoxy) is 2. The van der Waals surface area contributed by atoms with Crippen LogP contribution in [0.3, 0.4) is 0 Å². The number of aromatic amines is 1. The molecule has 0 fully saturated rings. The van der Waals surface area contributed by atoms with Gasteiger partial charge in [0.2, 0.25) is 0 Å². The lowest BCUT2D eigenvalue weighted by atomic mass is 10.2. The van der Waals surface area contributed by atoms with E-state index < -0.39 is 11.7 Å². The molecule has 0 saturated carbocycles. The van der Waals surface area contributed by atoms with Gasteiger partial charge in [-0.3, -0.25) is 0 Å². The average Bonchev–Trinajstić information content (AvgIpc) is 2.91. The molecule has 0 bridgehead atoms. The third-order valence-corrected chi connectivity index (χ3v) is 4.24. The van der Waals surface area contributed by atoms with Crippen molar-refractivity contribution in [3.63, 3.8) is 0 Å². The highest BCUT2D eigenvalue weighted by molar-refractivity contribution is 14.1. The SMILES string of the molecule is CC(C)(C)OC(=O)NCCCOc1cc(I)c2c[nH]cc2c1Cl. The van der Waals surface area contributed by atoms with Crippen LogP contribution in [0.15, 0.2) is 18.5 Å². The number of aromatic nitrogens is 1. The van der Waals surface area contributed by atoms with E-state index in [0.717, 1.165) is 14.3 Å². The van der Waals surface area contributed by atoms with Crippen molar-refractivity contribution in [1.29, 1.82) is 0 Å². The maximum Gasteiger partial charge on any atom is 0.407 e. The van der Waals surface area contributed by atoms with Crippen molar-refractivity contribution in [2.24, 2.45) is 0 Å². The summed E-state index contributed by atoms with van der Waals surface area (Å²) in [6.07, 6.45) is 4.02. The minimum atomic E-state index is -0.489. The van der Waals surface area contributed by atoms with E-state index in [-0.39, 0.29) is 0 Å². The first kappa shape index (κ1) is 18.2. The smallest absolute Gasteiger partial charge is 0.407 e. The molecule has 1 aromatic carbocycles. The van der Waals surface area contributed by atoms with Crippen molar-refractivity contribution in [2.45, 2.75) is 32.8 Å². The Labute approximate surface area is 154 Å². The average molecular weight is 451 g/mol. The van der Waals surface area contributed by atoms with Gasteiger partial charge in [0.15, 0.2) is 0 Å². The molecule has 23 heavy (non-hydrogen) atoms. The second-order valence-corrected chi connectivity index (χ2v) is 7.62. The Kier molecular flexibility index (Phi) is 6.02. The van der Waals surface area contributed by atoms with Gasteiger partial charge in [-0.2, -0.15) is 0 Å². The molecule has 1 aromatic heterocycles. The number of alkyl carbamates (subject to hydrolysis) is 1. The molecule has 7 heteroatoms. The van der Waals surface area contributed by atoms with Crippen molar-refractivity contribution in [2.75, 3.05) is 13.2 Å². The van der Waals surface area contributed by atoms with Crippen LogP contribution in [-0.4, -0.2) is 29.8 Å². The minimum Gasteiger partial charge on any atom is -0.492 e. The molecule has 0 radical (unpaired) electrons. The van der Waals surface area contributed by atoms with Crippen molar-refractivity contribution in [1.82, 2.24) is 10.3 Å². The predicted molar refractivity (Wildman–Crippen MR) is 100 cm³/mol. The van der Waals surface area contributed by atoms with Gasteiger partial charge in [-0.05, 0) is 55.8 Å². The first-order chi connectivity index (χ1) is 10.8. The largest absolute Gasteiger partial charge is 0.492 e. The summed E-state index contributed by atoms with van der Waals surface area (Å²) in [4.78, 5) is 14.6. The topological polar surface area (TPSA) is 63.4 Å². The highest BCUT2D eigenvalue weighted by atomic mass is 127. The molecular weight excluding hydrogens is 431 g/mol. The van der Waals surface area contributed by atoms with Crippen LogP contribution in [0.2, 0.25) is 5.02 Å². The monoisotopic (exact) mass is 450 g/mol. The molecule has 0 aliphatic heterocycles. The van der Waals surface area contributed by atoms with Gasteiger partial charge in [0.1, 0.15) is 11.4 Å². The first-order valence-corrected chi connectivity index (χ1v) is 8.78. The number of benzene rings is 1. The number of H-pyrrole nitrogens is 1. The van der Waals surface area contributed by atoms with Crippen molar-refractivity contribution in [3.05, 3.63) is 27.1 Å². The number of hydrogen-bond acceptors (Lipinski definition) is 3. The van der Waals surface area contributed by atoms with E-state index >= 15 is 0 Å². The number of amides is 1. The third kappa shape index (κ3) is 5.17. The van der Waals surface area contributed by atoms with E-state index in [4.69, 9.17) is 21.1 Å². The van der Waals surface area contributed by atoms with E-state index in [1.807, 2.05) is 39.2 Å². The molecule has 126 valence electrons. The molecule has 1 heterocycles. The summed E-state index contributed by atoms with van der Waals surface area (Å²) in [6, 6.07) is 1.92. The standard InChI is InChI=1S/C16H20ClIN2O3/c1-16(2,3)23-15(21)20-5-4-6-22-13-7-12(18)10-8-19-9-11(10)14(13)17/h7-9,19H,4-6H2,1-3H3,(H,20,21). The molecule has 2 aromatic rings. The maximum absolute atomic E-state index is 11.5. The molecule has 2 N–H and O–H groups in total. The number of carbonyl (C=O) groups excluding carboxylic acids is 1. The fourth-order valence-electron chi connectivity index (χ4n) is 2.00. The van der Waals surface area contributed by atoms with Gasteiger partial charge in [-0.25, -0.2) is 4.79 Å². The lowest BCUT2D eigenvalue weighted by Crippen LogP contribution is -2.33. The van der Waals surface area contributed by atoms with Crippen LogP contribution in [0, 0.1) is 3.57 Å². The Morgan fingerprint density at radius 3 is 2.74 bits per heavy atom. The zero-order chi connectivity index (χ0) is 17.0. The van der Waals surface area contributed by atoms with E-state index in [1.54, 1.807) is 0 Å². The summed E-state index contributed by atoms with van der Waals surface area (Å²) in [6.45, 7) is 6.43. The zero-order valence-corrected chi connectivity index (χ0v) is 16.2. The molecular formula is C16H20ClIN2O3. The third-order valence-electron chi connectivity index (χ3n) is 2.96. The summed E-state index contributed by atoms with van der Waals surface area (Å²) in [5.41, 5.74) is -0.489. The summed E-state index contributed by atoms with van der Waals surface area (Å²) in [5.74, 6) is 0.653. The Morgan fingerprint density at radius 2 is 2.04 bits per heavy atom. The first-order valence-electron chi connectivity index (χ1n) is 7.32. The number of fused-ring (bicyclic) bond motifs is 1. The number of carbonyl (C=O) groups is 1. The zero-order valence-electron chi connectivity index (χ0n) is 13.3. The molecule has 5 nitrogen and oxygen atoms in total. The quantitative estimate of drug-likeness (QED) is 0.512. The van der Waals surface area contributed by atoms with E-state index in [0.29, 0.717) is 30.3 Å². The Hall–Kier alpha value is -1.15. The molecule has 0 saturated heterocycles. The van der Waals surface area contributed by atoms with Crippen LogP contribution in [0.4, 0.5) is 4.79 Å². The van der Waals surface area contributed by atoms with Gasteiger partial charge in [0, 0.05) is 33.3 Å². The Balaban J connectivity index is 1.81. The summed E-state index contributed by atoms with van der Waals surface area (Å²) in [5, 5.41) is 5.32. The minimum absolute atomic E-state index is 0.418. The lowest BCUT2D eigenvalue weighted by Gasteiger charge is -2.19. The molecule has 0 aliphatic carbocycles. The predicted octanol–water partition coefficient (Wildman–Crippen LogP) is 4.72. The maximum atomic E-state index is 11.5. The van der Waals surface area contributed by atoms with Crippen molar-refractivity contribution < 1.29 is 14.3 Å². The molecule has 1 amide bonds. The van der Waals surface area contributed by atoms with Crippen LogP contribution in [-0.2, 0) is 4.74 Å². The van der Waals surface area contributed by atoms with Crippen LogP contribution < -0.4 is 10.1 Å². The molecule has 0 aliphatic rings. The van der Waals surface area contributed by atoms with Gasteiger partial charge < -0.3 is 19.8 Å². The number of hydrogen-bond donors (Lipinski definition) is 2. The summed E-state index contributed by atoms with van der Waals surface area (Å²) < 4.78 is 12.0. The number of rotatable bonds is 5. The fourth-order valence-corrected chi connectivity index (χ4v) is 2.99. The van der Waals surface area contributed by atoms with Gasteiger partial charge in [0.05, 0.1) is 11.6 Å². The van der Waals surface area contributed by atoms with Crippen LogP contribution in [0.1, 0.15) is 27.2 Å². The molecule has 0 spiro atoms. The van der Waals surface area contributed by atoms with Crippen LogP contribution in [0.25, 0.3) is 10.8 Å². The lowest BCUT2D eigenvalue weighted by molar-refractivity contribution is 0.0525. The number of nitrogens with one attached hydrogen (secondary N) is 2. The molecule has 2 rings (SSSR count). The summed E-state index contributed by atoms with van der Waals surface area (Å²) in [7, 11) is 0. The fraction of sp³-hybridized carbons (Fsp3) is 0.438. The van der Waals surface area contributed by atoms with Crippen LogP contribution in [0.5, 0.6) is 5.75 Å².